The summed E-state index contributed by atoms with van der Waals surface area (Å²) in [7, 11) is -1.70. The lowest BCUT2D eigenvalue weighted by molar-refractivity contribution is 0.220. The molecule has 2 rings (SSSR count). The highest BCUT2D eigenvalue weighted by atomic mass is 28.4. The van der Waals surface area contributed by atoms with Crippen LogP contribution >= 0.6 is 0 Å². The van der Waals surface area contributed by atoms with Crippen LogP contribution in [0.2, 0.25) is 18.1 Å². The highest BCUT2D eigenvalue weighted by Crippen LogP contribution is 2.37. The van der Waals surface area contributed by atoms with Crippen molar-refractivity contribution in [2.75, 3.05) is 31.2 Å². The van der Waals surface area contributed by atoms with Crippen LogP contribution in [0.25, 0.3) is 0 Å². The molecule has 0 amide bonds. The number of hydrogen-bond acceptors (Lipinski definition) is 3. The first-order valence-electron chi connectivity index (χ1n) is 9.34. The van der Waals surface area contributed by atoms with Crippen LogP contribution in [0.1, 0.15) is 51.5 Å². The van der Waals surface area contributed by atoms with Crippen LogP contribution in [0.4, 0.5) is 5.69 Å². The van der Waals surface area contributed by atoms with Gasteiger partial charge in [0.25, 0.3) is 0 Å². The van der Waals surface area contributed by atoms with E-state index in [-0.39, 0.29) is 17.6 Å². The predicted octanol–water partition coefficient (Wildman–Crippen LogP) is 4.77. The zero-order valence-electron chi connectivity index (χ0n) is 16.1. The first-order chi connectivity index (χ1) is 11.2. The quantitative estimate of drug-likeness (QED) is 0.719. The Morgan fingerprint density at radius 1 is 1.12 bits per heavy atom. The van der Waals surface area contributed by atoms with Crippen LogP contribution in [0.5, 0.6) is 0 Å². The second-order valence-electron chi connectivity index (χ2n) is 8.56. The summed E-state index contributed by atoms with van der Waals surface area (Å²) >= 11 is 0. The predicted molar refractivity (Wildman–Crippen MR) is 105 cm³/mol. The van der Waals surface area contributed by atoms with Gasteiger partial charge in [-0.05, 0) is 55.1 Å². The minimum absolute atomic E-state index is 0.169. The third-order valence-corrected chi connectivity index (χ3v) is 10.3. The van der Waals surface area contributed by atoms with Crippen LogP contribution in [0.15, 0.2) is 24.3 Å². The van der Waals surface area contributed by atoms with E-state index in [4.69, 9.17) is 4.43 Å². The number of aliphatic hydroxyl groups excluding tert-OH is 1. The molecule has 24 heavy (non-hydrogen) atoms. The molecule has 0 spiro atoms. The van der Waals surface area contributed by atoms with Gasteiger partial charge in [0.1, 0.15) is 0 Å². The van der Waals surface area contributed by atoms with E-state index in [0.29, 0.717) is 0 Å². The van der Waals surface area contributed by atoms with Gasteiger partial charge in [-0.3, -0.25) is 0 Å². The van der Waals surface area contributed by atoms with Crippen molar-refractivity contribution in [2.24, 2.45) is 0 Å². The fraction of sp³-hybridized carbons (Fsp3) is 0.700. The third kappa shape index (κ3) is 4.84. The van der Waals surface area contributed by atoms with Gasteiger partial charge < -0.3 is 14.4 Å². The molecule has 1 aromatic rings. The molecule has 1 aliphatic heterocycles. The maximum atomic E-state index is 9.79. The number of nitrogens with zero attached hydrogens (tertiary/aromatic N) is 1. The van der Waals surface area contributed by atoms with Gasteiger partial charge in [-0.2, -0.15) is 0 Å². The summed E-state index contributed by atoms with van der Waals surface area (Å²) < 4.78 is 6.27. The molecule has 1 heterocycles. The molecule has 1 N–H and O–H groups in total. The molecule has 0 aromatic heterocycles. The second kappa shape index (κ2) is 8.02. The molecule has 0 aliphatic carbocycles. The highest BCUT2D eigenvalue weighted by Gasteiger charge is 2.37. The Morgan fingerprint density at radius 3 is 2.21 bits per heavy atom. The Hall–Kier alpha value is -0.843. The topological polar surface area (TPSA) is 32.7 Å². The molecule has 0 unspecified atom stereocenters. The standard InChI is InChI=1S/C20H35NO2Si/c1-20(2,3)24(4,5)23-15-12-18(16-22)17-8-10-19(11-9-17)21-13-6-7-14-21/h8-11,18,22H,6-7,12-16H2,1-5H3/t18-/m0/s1. The smallest absolute Gasteiger partial charge is 0.191 e. The molecule has 1 saturated heterocycles. The Labute approximate surface area is 149 Å². The van der Waals surface area contributed by atoms with Crippen molar-refractivity contribution in [3.05, 3.63) is 29.8 Å². The average molecular weight is 350 g/mol. The maximum absolute atomic E-state index is 9.79. The minimum atomic E-state index is -1.70. The van der Waals surface area contributed by atoms with Gasteiger partial charge in [-0.15, -0.1) is 0 Å². The maximum Gasteiger partial charge on any atom is 0.191 e. The van der Waals surface area contributed by atoms with E-state index in [0.717, 1.165) is 13.0 Å². The average Bonchev–Trinajstić information content (AvgIpc) is 3.05. The van der Waals surface area contributed by atoms with Crippen molar-refractivity contribution in [1.29, 1.82) is 0 Å². The number of anilines is 1. The number of rotatable bonds is 7. The molecule has 4 heteroatoms. The van der Waals surface area contributed by atoms with Crippen LogP contribution in [-0.4, -0.2) is 39.7 Å². The first-order valence-corrected chi connectivity index (χ1v) is 12.2. The van der Waals surface area contributed by atoms with Crippen molar-refractivity contribution in [3.8, 4) is 0 Å². The summed E-state index contributed by atoms with van der Waals surface area (Å²) in [5.74, 6) is 0.169. The zero-order valence-corrected chi connectivity index (χ0v) is 17.1. The number of benzene rings is 1. The molecule has 136 valence electrons. The Balaban J connectivity index is 1.91. The van der Waals surface area contributed by atoms with E-state index in [2.05, 4.69) is 63.0 Å². The lowest BCUT2D eigenvalue weighted by Gasteiger charge is -2.36. The van der Waals surface area contributed by atoms with Crippen LogP contribution in [-0.2, 0) is 4.43 Å². The summed E-state index contributed by atoms with van der Waals surface area (Å²) in [6.45, 7) is 14.6. The molecule has 1 aromatic carbocycles. The van der Waals surface area contributed by atoms with Gasteiger partial charge in [0, 0.05) is 31.3 Å². The monoisotopic (exact) mass is 349 g/mol. The number of aliphatic hydroxyl groups is 1. The van der Waals surface area contributed by atoms with E-state index in [1.54, 1.807) is 0 Å². The van der Waals surface area contributed by atoms with Crippen LogP contribution < -0.4 is 4.90 Å². The Bertz CT molecular complexity index is 501. The molecule has 1 atom stereocenters. The first kappa shape index (κ1) is 19.5. The third-order valence-electron chi connectivity index (χ3n) is 5.79. The van der Waals surface area contributed by atoms with Gasteiger partial charge in [0.05, 0.1) is 6.61 Å². The number of hydrogen-bond donors (Lipinski definition) is 1. The largest absolute Gasteiger partial charge is 0.417 e. The molecule has 1 fully saturated rings. The van der Waals surface area contributed by atoms with E-state index in [1.165, 1.54) is 37.2 Å². The molecule has 0 saturated carbocycles. The van der Waals surface area contributed by atoms with E-state index in [1.807, 2.05) is 0 Å². The van der Waals surface area contributed by atoms with Gasteiger partial charge in [-0.25, -0.2) is 0 Å². The van der Waals surface area contributed by atoms with Crippen LogP contribution in [0, 0.1) is 0 Å². The fourth-order valence-electron chi connectivity index (χ4n) is 2.97. The SMILES string of the molecule is CC(C)(C)[Si](C)(C)OCC[C@@H](CO)c1ccc(N2CCCC2)cc1. The molecule has 1 aliphatic rings. The molecular weight excluding hydrogens is 314 g/mol. The van der Waals surface area contributed by atoms with Crippen molar-refractivity contribution in [3.63, 3.8) is 0 Å². The Kier molecular flexibility index (Phi) is 6.51. The van der Waals surface area contributed by atoms with Crippen molar-refractivity contribution in [2.45, 2.75) is 64.1 Å². The summed E-state index contributed by atoms with van der Waals surface area (Å²) in [6, 6.07) is 8.78. The summed E-state index contributed by atoms with van der Waals surface area (Å²) in [5.41, 5.74) is 2.53. The van der Waals surface area contributed by atoms with Crippen molar-refractivity contribution < 1.29 is 9.53 Å². The van der Waals surface area contributed by atoms with Gasteiger partial charge in [0.15, 0.2) is 8.32 Å². The van der Waals surface area contributed by atoms with Crippen LogP contribution in [0.3, 0.4) is 0 Å². The molecular formula is C20H35NO2Si. The molecule has 0 bridgehead atoms. The van der Waals surface area contributed by atoms with Gasteiger partial charge in [-0.1, -0.05) is 32.9 Å². The lowest BCUT2D eigenvalue weighted by atomic mass is 9.97. The molecule has 3 nitrogen and oxygen atoms in total. The lowest BCUT2D eigenvalue weighted by Crippen LogP contribution is -2.41. The summed E-state index contributed by atoms with van der Waals surface area (Å²) in [4.78, 5) is 2.44. The van der Waals surface area contributed by atoms with E-state index >= 15 is 0 Å². The minimum Gasteiger partial charge on any atom is -0.417 e. The zero-order chi connectivity index (χ0) is 17.8. The van der Waals surface area contributed by atoms with Crippen molar-refractivity contribution >= 4 is 14.0 Å². The van der Waals surface area contributed by atoms with E-state index < -0.39 is 8.32 Å². The Morgan fingerprint density at radius 2 is 1.71 bits per heavy atom. The summed E-state index contributed by atoms with van der Waals surface area (Å²) in [6.07, 6.45) is 3.48. The fourth-order valence-corrected chi connectivity index (χ4v) is 4.03. The van der Waals surface area contributed by atoms with E-state index in [9.17, 15) is 5.11 Å². The normalized spacial score (nSPS) is 17.3. The highest BCUT2D eigenvalue weighted by molar-refractivity contribution is 6.74. The molecule has 0 radical (unpaired) electrons. The van der Waals surface area contributed by atoms with Gasteiger partial charge in [0.2, 0.25) is 0 Å². The van der Waals surface area contributed by atoms with Gasteiger partial charge >= 0.3 is 0 Å². The second-order valence-corrected chi connectivity index (χ2v) is 13.4. The van der Waals surface area contributed by atoms with Crippen molar-refractivity contribution in [1.82, 2.24) is 0 Å². The summed E-state index contributed by atoms with van der Waals surface area (Å²) in [5, 5.41) is 10.0.